The fourth-order valence-electron chi connectivity index (χ4n) is 4.85. The molecule has 3 N–H and O–H groups in total. The van der Waals surface area contributed by atoms with Crippen LogP contribution in [0.15, 0.2) is 72.7 Å². The van der Waals surface area contributed by atoms with Crippen LogP contribution in [-0.2, 0) is 9.53 Å². The third-order valence-corrected chi connectivity index (χ3v) is 7.32. The number of imidazole rings is 1. The summed E-state index contributed by atoms with van der Waals surface area (Å²) in [5.74, 6) is -3.15. The molecule has 1 amide bonds. The molecule has 1 aromatic carbocycles. The van der Waals surface area contributed by atoms with Crippen LogP contribution in [0.25, 0.3) is 21.9 Å². The Bertz CT molecular complexity index is 1730. The van der Waals surface area contributed by atoms with Gasteiger partial charge in [-0.1, -0.05) is 18.2 Å². The summed E-state index contributed by atoms with van der Waals surface area (Å²) in [6.07, 6.45) is 11.0. The van der Waals surface area contributed by atoms with Gasteiger partial charge in [0.15, 0.2) is 0 Å². The van der Waals surface area contributed by atoms with Gasteiger partial charge in [-0.2, -0.15) is 4.98 Å². The van der Waals surface area contributed by atoms with E-state index in [1.54, 1.807) is 6.07 Å². The number of allylic oxidation sites excluding steroid dienone is 4. The fraction of sp³-hybridized carbons (Fsp3) is 0.364. The second-order valence-corrected chi connectivity index (χ2v) is 11.0. The summed E-state index contributed by atoms with van der Waals surface area (Å²) < 4.78 is 39.9. The van der Waals surface area contributed by atoms with Crippen molar-refractivity contribution in [3.63, 3.8) is 0 Å². The SMILES string of the molecule is C/C=C\C=C(/C)COc1nc2cc(Nc3ncnc4cnc(NC(=O)/C=C/C(F)(F)CCCCN5CCOCC5)cc34)ccc2[nH]1. The minimum atomic E-state index is -3.09. The Morgan fingerprint density at radius 2 is 2.00 bits per heavy atom. The van der Waals surface area contributed by atoms with Crippen molar-refractivity contribution >= 4 is 45.2 Å². The van der Waals surface area contributed by atoms with Gasteiger partial charge in [0.25, 0.3) is 11.9 Å². The molecule has 0 radical (unpaired) electrons. The van der Waals surface area contributed by atoms with Crippen molar-refractivity contribution in [3.05, 3.63) is 72.7 Å². The molecule has 1 aliphatic rings. The smallest absolute Gasteiger partial charge is 0.294 e. The Kier molecular flexibility index (Phi) is 11.0. The second-order valence-electron chi connectivity index (χ2n) is 11.0. The second kappa shape index (κ2) is 15.5. The zero-order chi connectivity index (χ0) is 32.4. The number of amides is 1. The van der Waals surface area contributed by atoms with Crippen LogP contribution >= 0.6 is 0 Å². The minimum absolute atomic E-state index is 0.178. The van der Waals surface area contributed by atoms with E-state index in [2.05, 4.69) is 40.5 Å². The summed E-state index contributed by atoms with van der Waals surface area (Å²) in [4.78, 5) is 35.2. The normalized spacial score (nSPS) is 14.9. The van der Waals surface area contributed by atoms with Gasteiger partial charge in [-0.15, -0.1) is 0 Å². The van der Waals surface area contributed by atoms with Gasteiger partial charge in [-0.3, -0.25) is 9.69 Å². The number of aromatic amines is 1. The summed E-state index contributed by atoms with van der Waals surface area (Å²) in [6.45, 7) is 8.13. The quantitative estimate of drug-likeness (QED) is 0.0848. The molecule has 4 heterocycles. The first kappa shape index (κ1) is 32.6. The molecule has 11 nitrogen and oxygen atoms in total. The van der Waals surface area contributed by atoms with Crippen molar-refractivity contribution in [1.29, 1.82) is 0 Å². The van der Waals surface area contributed by atoms with Crippen LogP contribution in [0, 0.1) is 0 Å². The summed E-state index contributed by atoms with van der Waals surface area (Å²) in [5.41, 5.74) is 3.81. The Balaban J connectivity index is 1.19. The van der Waals surface area contributed by atoms with Gasteiger partial charge in [-0.05, 0) is 69.1 Å². The van der Waals surface area contributed by atoms with Crippen molar-refractivity contribution in [1.82, 2.24) is 29.8 Å². The number of morpholine rings is 1. The lowest BCUT2D eigenvalue weighted by molar-refractivity contribution is -0.112. The molecule has 0 saturated carbocycles. The highest BCUT2D eigenvalue weighted by molar-refractivity contribution is 6.01. The van der Waals surface area contributed by atoms with Crippen LogP contribution in [0.2, 0.25) is 0 Å². The maximum atomic E-state index is 14.4. The number of hydrogen-bond acceptors (Lipinski definition) is 9. The van der Waals surface area contributed by atoms with E-state index in [0.29, 0.717) is 72.7 Å². The van der Waals surface area contributed by atoms with Crippen LogP contribution in [0.3, 0.4) is 0 Å². The number of hydrogen-bond donors (Lipinski definition) is 3. The molecular weight excluding hydrogens is 594 g/mol. The zero-order valence-electron chi connectivity index (χ0n) is 25.9. The molecule has 1 fully saturated rings. The number of carbonyl (C=O) groups excluding carboxylic acids is 1. The van der Waals surface area contributed by atoms with E-state index in [-0.39, 0.29) is 12.2 Å². The predicted octanol–water partition coefficient (Wildman–Crippen LogP) is 6.18. The highest BCUT2D eigenvalue weighted by Gasteiger charge is 2.25. The average Bonchev–Trinajstić information content (AvgIpc) is 3.47. The molecule has 0 atom stereocenters. The Morgan fingerprint density at radius 1 is 1.15 bits per heavy atom. The summed E-state index contributed by atoms with van der Waals surface area (Å²) >= 11 is 0. The van der Waals surface area contributed by atoms with E-state index >= 15 is 0 Å². The van der Waals surface area contributed by atoms with Crippen LogP contribution in [-0.4, -0.2) is 81.1 Å². The molecule has 5 rings (SSSR count). The number of benzene rings is 1. The monoisotopic (exact) mass is 632 g/mol. The molecule has 0 unspecified atom stereocenters. The maximum Gasteiger partial charge on any atom is 0.294 e. The summed E-state index contributed by atoms with van der Waals surface area (Å²) in [6, 6.07) is 7.60. The first-order valence-corrected chi connectivity index (χ1v) is 15.2. The van der Waals surface area contributed by atoms with E-state index in [0.717, 1.165) is 36.8 Å². The Hall–Kier alpha value is -4.75. The van der Waals surface area contributed by atoms with Crippen LogP contribution < -0.4 is 15.4 Å². The number of aromatic nitrogens is 5. The molecule has 1 saturated heterocycles. The molecular formula is C33H38F2N8O3. The zero-order valence-corrected chi connectivity index (χ0v) is 25.9. The van der Waals surface area contributed by atoms with Gasteiger partial charge in [0, 0.05) is 36.7 Å². The fourth-order valence-corrected chi connectivity index (χ4v) is 4.85. The molecule has 0 spiro atoms. The first-order chi connectivity index (χ1) is 22.3. The van der Waals surface area contributed by atoms with E-state index in [4.69, 9.17) is 9.47 Å². The van der Waals surface area contributed by atoms with Crippen molar-refractivity contribution in [2.45, 2.75) is 39.0 Å². The van der Waals surface area contributed by atoms with Gasteiger partial charge in [-0.25, -0.2) is 23.7 Å². The number of rotatable bonds is 14. The number of alkyl halides is 2. The highest BCUT2D eigenvalue weighted by atomic mass is 19.3. The van der Waals surface area contributed by atoms with Crippen molar-refractivity contribution < 1.29 is 23.0 Å². The van der Waals surface area contributed by atoms with Gasteiger partial charge in [0.2, 0.25) is 5.91 Å². The van der Waals surface area contributed by atoms with Gasteiger partial charge in [0.1, 0.15) is 24.6 Å². The highest BCUT2D eigenvalue weighted by Crippen LogP contribution is 2.27. The molecule has 13 heteroatoms. The number of fused-ring (bicyclic) bond motifs is 2. The number of halogens is 2. The molecule has 1 aliphatic heterocycles. The lowest BCUT2D eigenvalue weighted by atomic mass is 10.1. The molecule has 0 aliphatic carbocycles. The average molecular weight is 633 g/mol. The van der Waals surface area contributed by atoms with E-state index in [1.807, 2.05) is 50.3 Å². The van der Waals surface area contributed by atoms with E-state index in [1.165, 1.54) is 12.5 Å². The topological polar surface area (TPSA) is 130 Å². The Labute approximate surface area is 265 Å². The van der Waals surface area contributed by atoms with Crippen LogP contribution in [0.5, 0.6) is 6.01 Å². The number of anilines is 3. The Morgan fingerprint density at radius 3 is 2.83 bits per heavy atom. The van der Waals surface area contributed by atoms with Crippen LogP contribution in [0.4, 0.5) is 26.1 Å². The van der Waals surface area contributed by atoms with E-state index in [9.17, 15) is 13.6 Å². The number of ether oxygens (including phenoxy) is 2. The molecule has 0 bridgehead atoms. The predicted molar refractivity (Wildman–Crippen MR) is 175 cm³/mol. The standard InChI is InChI=1S/C33H38F2N8O3/c1-3-4-7-23(2)21-46-32-40-26-9-8-24(18-27(26)41-32)39-31-25-19-29(36-20-28(25)37-22-38-31)42-30(44)10-12-33(34,35)11-5-6-13-43-14-16-45-17-15-43/h3-4,7-10,12,18-20,22H,5-6,11,13-17,21H2,1-2H3,(H,40,41)(H,36,42,44)(H,37,38,39)/b4-3-,12-10+,23-7+. The van der Waals surface area contributed by atoms with Gasteiger partial charge >= 0.3 is 0 Å². The molecule has 242 valence electrons. The van der Waals surface area contributed by atoms with Crippen LogP contribution in [0.1, 0.15) is 33.1 Å². The molecule has 46 heavy (non-hydrogen) atoms. The maximum absolute atomic E-state index is 14.4. The third kappa shape index (κ3) is 9.38. The van der Waals surface area contributed by atoms with Crippen molar-refractivity contribution in [2.24, 2.45) is 0 Å². The van der Waals surface area contributed by atoms with Crippen molar-refractivity contribution in [3.8, 4) is 6.01 Å². The van der Waals surface area contributed by atoms with Crippen molar-refractivity contribution in [2.75, 3.05) is 50.1 Å². The number of carbonyl (C=O) groups is 1. The minimum Gasteiger partial charge on any atom is -0.460 e. The lowest BCUT2D eigenvalue weighted by Gasteiger charge is -2.26. The number of pyridine rings is 1. The number of nitrogens with zero attached hydrogens (tertiary/aromatic N) is 5. The summed E-state index contributed by atoms with van der Waals surface area (Å²) in [7, 11) is 0. The van der Waals surface area contributed by atoms with Gasteiger partial charge in [0.05, 0.1) is 36.0 Å². The number of unbranched alkanes of at least 4 members (excludes halogenated alkanes) is 1. The molecule has 3 aromatic heterocycles. The molecule has 4 aromatic rings. The third-order valence-electron chi connectivity index (χ3n) is 7.32. The largest absolute Gasteiger partial charge is 0.460 e. The summed E-state index contributed by atoms with van der Waals surface area (Å²) in [5, 5.41) is 6.41. The van der Waals surface area contributed by atoms with Gasteiger partial charge < -0.3 is 25.1 Å². The van der Waals surface area contributed by atoms with E-state index < -0.39 is 11.8 Å². The lowest BCUT2D eigenvalue weighted by Crippen LogP contribution is -2.36. The number of nitrogens with one attached hydrogen (secondary N) is 3. The number of H-pyrrole nitrogens is 1. The first-order valence-electron chi connectivity index (χ1n) is 15.2.